The molecule has 0 spiro atoms. The Kier molecular flexibility index (Phi) is 2.82. The van der Waals surface area contributed by atoms with E-state index in [1.807, 2.05) is 0 Å². The average Bonchev–Trinajstić information content (AvgIpc) is 3.15. The van der Waals surface area contributed by atoms with E-state index in [1.54, 1.807) is 0 Å². The van der Waals surface area contributed by atoms with E-state index < -0.39 is 0 Å². The lowest BCUT2D eigenvalue weighted by Gasteiger charge is -2.07. The summed E-state index contributed by atoms with van der Waals surface area (Å²) >= 11 is 0. The molecule has 20 heavy (non-hydrogen) atoms. The molecule has 2 aromatic rings. The highest BCUT2D eigenvalue weighted by Crippen LogP contribution is 2.37. The third kappa shape index (κ3) is 1.85. The van der Waals surface area contributed by atoms with Gasteiger partial charge in [-0.15, -0.1) is 0 Å². The molecule has 3 atom stereocenters. The molecule has 5 heteroatoms. The molecule has 1 aliphatic carbocycles. The van der Waals surface area contributed by atoms with Gasteiger partial charge < -0.3 is 15.0 Å². The van der Waals surface area contributed by atoms with Crippen molar-refractivity contribution in [3.63, 3.8) is 0 Å². The Morgan fingerprint density at radius 2 is 2.10 bits per heavy atom. The Morgan fingerprint density at radius 1 is 1.20 bits per heavy atom. The van der Waals surface area contributed by atoms with Gasteiger partial charge in [-0.05, 0) is 24.0 Å². The Hall–Kier alpha value is -1.72. The molecule has 3 unspecified atom stereocenters. The van der Waals surface area contributed by atoms with E-state index >= 15 is 0 Å². The van der Waals surface area contributed by atoms with Gasteiger partial charge in [0.15, 0.2) is 5.82 Å². The van der Waals surface area contributed by atoms with Crippen LogP contribution in [-0.2, 0) is 11.2 Å². The lowest BCUT2D eigenvalue weighted by Crippen LogP contribution is -2.27. The fraction of sp³-hybridized carbons (Fsp3) is 0.467. The van der Waals surface area contributed by atoms with Crippen molar-refractivity contribution in [2.24, 2.45) is 5.73 Å². The monoisotopic (exact) mass is 271 g/mol. The number of nitrogens with zero attached hydrogens (tertiary/aromatic N) is 2. The maximum Gasteiger partial charge on any atom is 0.233 e. The molecule has 1 fully saturated rings. The first-order valence-corrected chi connectivity index (χ1v) is 7.07. The lowest BCUT2D eigenvalue weighted by molar-refractivity contribution is 0.187. The maximum absolute atomic E-state index is 6.00. The fourth-order valence-corrected chi connectivity index (χ4v) is 3.19. The van der Waals surface area contributed by atoms with Crippen LogP contribution in [0.1, 0.15) is 41.1 Å². The maximum atomic E-state index is 6.00. The number of ether oxygens (including phenoxy) is 1. The van der Waals surface area contributed by atoms with Gasteiger partial charge >= 0.3 is 0 Å². The lowest BCUT2D eigenvalue weighted by atomic mass is 10.0. The van der Waals surface area contributed by atoms with Crippen molar-refractivity contribution in [1.82, 2.24) is 10.1 Å². The summed E-state index contributed by atoms with van der Waals surface area (Å²) in [5, 5.41) is 4.18. The SMILES string of the molecule is NC1COCC1c1nc(C2CCc3ccccc32)no1. The van der Waals surface area contributed by atoms with Gasteiger partial charge in [0.05, 0.1) is 19.1 Å². The van der Waals surface area contributed by atoms with Crippen LogP contribution >= 0.6 is 0 Å². The van der Waals surface area contributed by atoms with Crippen LogP contribution in [0.15, 0.2) is 28.8 Å². The van der Waals surface area contributed by atoms with Crippen LogP contribution in [0.5, 0.6) is 0 Å². The van der Waals surface area contributed by atoms with E-state index in [2.05, 4.69) is 34.4 Å². The fourth-order valence-electron chi connectivity index (χ4n) is 3.19. The molecule has 4 rings (SSSR count). The van der Waals surface area contributed by atoms with Crippen molar-refractivity contribution < 1.29 is 9.26 Å². The van der Waals surface area contributed by atoms with Crippen LogP contribution in [0.2, 0.25) is 0 Å². The minimum Gasteiger partial charge on any atom is -0.379 e. The second-order valence-electron chi connectivity index (χ2n) is 5.59. The van der Waals surface area contributed by atoms with Crippen molar-refractivity contribution >= 4 is 0 Å². The van der Waals surface area contributed by atoms with Crippen molar-refractivity contribution in [2.45, 2.75) is 30.7 Å². The molecular weight excluding hydrogens is 254 g/mol. The molecule has 0 radical (unpaired) electrons. The van der Waals surface area contributed by atoms with Crippen molar-refractivity contribution in [3.05, 3.63) is 47.1 Å². The van der Waals surface area contributed by atoms with Crippen molar-refractivity contribution in [3.8, 4) is 0 Å². The first kappa shape index (κ1) is 12.1. The summed E-state index contributed by atoms with van der Waals surface area (Å²) in [6, 6.07) is 8.44. The van der Waals surface area contributed by atoms with Crippen LogP contribution in [0.3, 0.4) is 0 Å². The molecule has 2 N–H and O–H groups in total. The summed E-state index contributed by atoms with van der Waals surface area (Å²) in [6.45, 7) is 1.14. The molecule has 104 valence electrons. The smallest absolute Gasteiger partial charge is 0.233 e. The zero-order valence-electron chi connectivity index (χ0n) is 11.2. The molecule has 0 bridgehead atoms. The minimum atomic E-state index is -0.0424. The van der Waals surface area contributed by atoms with Crippen LogP contribution < -0.4 is 5.73 Å². The molecule has 0 amide bonds. The number of aryl methyl sites for hydroxylation is 1. The number of hydrogen-bond acceptors (Lipinski definition) is 5. The highest BCUT2D eigenvalue weighted by Gasteiger charge is 2.33. The van der Waals surface area contributed by atoms with E-state index in [0.29, 0.717) is 19.1 Å². The molecule has 1 aromatic carbocycles. The normalized spacial score (nSPS) is 28.8. The number of nitrogens with two attached hydrogens (primary N) is 1. The molecule has 1 aromatic heterocycles. The zero-order chi connectivity index (χ0) is 13.5. The number of benzene rings is 1. The third-order valence-corrected chi connectivity index (χ3v) is 4.34. The van der Waals surface area contributed by atoms with Crippen LogP contribution in [0, 0.1) is 0 Å². The molecule has 5 nitrogen and oxygen atoms in total. The number of aromatic nitrogens is 2. The Morgan fingerprint density at radius 3 is 2.95 bits per heavy atom. The van der Waals surface area contributed by atoms with Gasteiger partial charge in [-0.2, -0.15) is 4.98 Å². The first-order chi connectivity index (χ1) is 9.83. The summed E-state index contributed by atoms with van der Waals surface area (Å²) in [4.78, 5) is 4.59. The highest BCUT2D eigenvalue weighted by molar-refractivity contribution is 5.38. The summed E-state index contributed by atoms with van der Waals surface area (Å²) in [5.74, 6) is 1.69. The predicted molar refractivity (Wildman–Crippen MR) is 72.4 cm³/mol. The number of fused-ring (bicyclic) bond motifs is 1. The highest BCUT2D eigenvalue weighted by atomic mass is 16.5. The van der Waals surface area contributed by atoms with E-state index in [0.717, 1.165) is 18.7 Å². The molecule has 1 saturated heterocycles. The quantitative estimate of drug-likeness (QED) is 0.897. The van der Waals surface area contributed by atoms with E-state index in [-0.39, 0.29) is 17.9 Å². The largest absolute Gasteiger partial charge is 0.379 e. The van der Waals surface area contributed by atoms with Gasteiger partial charge in [-0.1, -0.05) is 29.4 Å². The van der Waals surface area contributed by atoms with Crippen LogP contribution in [0.4, 0.5) is 0 Å². The zero-order valence-corrected chi connectivity index (χ0v) is 11.2. The Balaban J connectivity index is 1.63. The van der Waals surface area contributed by atoms with Crippen molar-refractivity contribution in [1.29, 1.82) is 0 Å². The van der Waals surface area contributed by atoms with Crippen molar-refractivity contribution in [2.75, 3.05) is 13.2 Å². The molecule has 2 heterocycles. The topological polar surface area (TPSA) is 74.2 Å². The van der Waals surface area contributed by atoms with Gasteiger partial charge in [-0.3, -0.25) is 0 Å². The van der Waals surface area contributed by atoms with Crippen LogP contribution in [0.25, 0.3) is 0 Å². The summed E-state index contributed by atoms with van der Waals surface area (Å²) < 4.78 is 10.8. The number of rotatable bonds is 2. The minimum absolute atomic E-state index is 0.0351. The summed E-state index contributed by atoms with van der Waals surface area (Å²) in [6.07, 6.45) is 2.13. The summed E-state index contributed by atoms with van der Waals surface area (Å²) in [5.41, 5.74) is 8.72. The molecule has 0 saturated carbocycles. The van der Waals surface area contributed by atoms with Crippen LogP contribution in [-0.4, -0.2) is 29.4 Å². The van der Waals surface area contributed by atoms with E-state index in [4.69, 9.17) is 15.0 Å². The second-order valence-corrected chi connectivity index (χ2v) is 5.59. The second kappa shape index (κ2) is 4.68. The number of hydrogen-bond donors (Lipinski definition) is 1. The van der Waals surface area contributed by atoms with Gasteiger partial charge in [-0.25, -0.2) is 0 Å². The van der Waals surface area contributed by atoms with Gasteiger partial charge in [0.2, 0.25) is 5.89 Å². The molecular formula is C15H17N3O2. The summed E-state index contributed by atoms with van der Waals surface area (Å²) in [7, 11) is 0. The third-order valence-electron chi connectivity index (χ3n) is 4.34. The van der Waals surface area contributed by atoms with Gasteiger partial charge in [0.25, 0.3) is 0 Å². The standard InChI is InChI=1S/C15H17N3O2/c16-13-8-19-7-12(13)15-17-14(18-20-15)11-6-5-9-3-1-2-4-10(9)11/h1-4,11-13H,5-8,16H2. The van der Waals surface area contributed by atoms with Gasteiger partial charge in [0, 0.05) is 12.0 Å². The molecule has 2 aliphatic rings. The predicted octanol–water partition coefficient (Wildman–Crippen LogP) is 1.59. The Bertz CT molecular complexity index is 625. The first-order valence-electron chi connectivity index (χ1n) is 7.07. The molecule has 1 aliphatic heterocycles. The average molecular weight is 271 g/mol. The van der Waals surface area contributed by atoms with E-state index in [9.17, 15) is 0 Å². The van der Waals surface area contributed by atoms with Gasteiger partial charge in [0.1, 0.15) is 0 Å². The Labute approximate surface area is 117 Å². The van der Waals surface area contributed by atoms with E-state index in [1.165, 1.54) is 11.1 Å².